The van der Waals surface area contributed by atoms with E-state index in [0.717, 1.165) is 0 Å². The molecule has 0 saturated carbocycles. The van der Waals surface area contributed by atoms with Gasteiger partial charge in [-0.15, -0.1) is 0 Å². The van der Waals surface area contributed by atoms with Crippen molar-refractivity contribution < 1.29 is 0 Å². The first-order chi connectivity index (χ1) is 5.91. The Morgan fingerprint density at radius 2 is 1.75 bits per heavy atom. The summed E-state index contributed by atoms with van der Waals surface area (Å²) >= 11 is -0.0623. The van der Waals surface area contributed by atoms with E-state index in [2.05, 4.69) is 24.0 Å². The summed E-state index contributed by atoms with van der Waals surface area (Å²) in [7, 11) is 0. The molecule has 0 heterocycles. The van der Waals surface area contributed by atoms with Crippen molar-refractivity contribution in [1.82, 2.24) is 0 Å². The molecule has 0 aromatic carbocycles. The molecule has 0 aliphatic heterocycles. The predicted molar refractivity (Wildman–Crippen MR) is 58.8 cm³/mol. The summed E-state index contributed by atoms with van der Waals surface area (Å²) in [6.07, 6.45) is 10.8. The van der Waals surface area contributed by atoms with Gasteiger partial charge in [-0.25, -0.2) is 0 Å². The van der Waals surface area contributed by atoms with Gasteiger partial charge in [-0.05, 0) is 0 Å². The topological polar surface area (TPSA) is 0 Å². The van der Waals surface area contributed by atoms with E-state index in [0.29, 0.717) is 0 Å². The molecule has 0 unspecified atom stereocenters. The first kappa shape index (κ1) is 12.5. The molecule has 0 aromatic heterocycles. The summed E-state index contributed by atoms with van der Waals surface area (Å²) in [5, 5.41) is 0. The Morgan fingerprint density at radius 1 is 1.00 bits per heavy atom. The molecular weight excluding hydrogens is 251 g/mol. The van der Waals surface area contributed by atoms with Gasteiger partial charge in [0.15, 0.2) is 0 Å². The molecule has 0 aliphatic carbocycles. The Kier molecular flexibility index (Phi) is 12.1. The molecular formula is C11H22Sn. The summed E-state index contributed by atoms with van der Waals surface area (Å²) in [6, 6.07) is 0. The molecule has 0 aliphatic rings. The minimum atomic E-state index is -0.0623. The minimum absolute atomic E-state index is 0.0623. The molecule has 0 spiro atoms. The monoisotopic (exact) mass is 274 g/mol. The average molecular weight is 273 g/mol. The van der Waals surface area contributed by atoms with E-state index in [-0.39, 0.29) is 21.1 Å². The number of allylic oxidation sites excluding steroid dienone is 1. The van der Waals surface area contributed by atoms with Gasteiger partial charge in [0.1, 0.15) is 0 Å². The fourth-order valence-corrected chi connectivity index (χ4v) is 4.06. The van der Waals surface area contributed by atoms with Crippen molar-refractivity contribution in [3.8, 4) is 0 Å². The van der Waals surface area contributed by atoms with Gasteiger partial charge < -0.3 is 0 Å². The van der Waals surface area contributed by atoms with Crippen LogP contribution in [-0.4, -0.2) is 21.1 Å². The summed E-state index contributed by atoms with van der Waals surface area (Å²) in [5.74, 6) is 0. The zero-order valence-corrected chi connectivity index (χ0v) is 11.5. The van der Waals surface area contributed by atoms with Crippen LogP contribution in [0.15, 0.2) is 10.2 Å². The van der Waals surface area contributed by atoms with Crippen LogP contribution in [0.3, 0.4) is 0 Å². The summed E-state index contributed by atoms with van der Waals surface area (Å²) in [6.45, 7) is 4.55. The van der Waals surface area contributed by atoms with E-state index in [1.165, 1.54) is 38.5 Å². The molecule has 0 bridgehead atoms. The second kappa shape index (κ2) is 11.5. The van der Waals surface area contributed by atoms with Crippen LogP contribution in [0.2, 0.25) is 4.44 Å². The molecule has 12 heavy (non-hydrogen) atoms. The molecule has 0 amide bonds. The van der Waals surface area contributed by atoms with E-state index in [4.69, 9.17) is 0 Å². The average Bonchev–Trinajstić information content (AvgIpc) is 2.10. The zero-order valence-electron chi connectivity index (χ0n) is 8.60. The van der Waals surface area contributed by atoms with Crippen molar-refractivity contribution in [3.63, 3.8) is 0 Å². The van der Waals surface area contributed by atoms with Crippen molar-refractivity contribution >= 4 is 21.1 Å². The van der Waals surface area contributed by atoms with Crippen molar-refractivity contribution in [2.24, 2.45) is 0 Å². The maximum absolute atomic E-state index is 2.52. The van der Waals surface area contributed by atoms with E-state index in [9.17, 15) is 0 Å². The van der Waals surface area contributed by atoms with Gasteiger partial charge in [-0.1, -0.05) is 0 Å². The maximum atomic E-state index is 2.52. The van der Waals surface area contributed by atoms with Crippen LogP contribution in [0.25, 0.3) is 0 Å². The third kappa shape index (κ3) is 10.5. The van der Waals surface area contributed by atoms with Gasteiger partial charge in [0, 0.05) is 0 Å². The Labute approximate surface area is 88.0 Å². The molecule has 0 saturated heterocycles. The van der Waals surface area contributed by atoms with E-state index < -0.39 is 0 Å². The Hall–Kier alpha value is 0.539. The van der Waals surface area contributed by atoms with E-state index >= 15 is 0 Å². The molecule has 0 nitrogen and oxygen atoms in total. The molecule has 1 heteroatoms. The van der Waals surface area contributed by atoms with Gasteiger partial charge in [0.2, 0.25) is 0 Å². The van der Waals surface area contributed by atoms with Crippen LogP contribution in [0.5, 0.6) is 0 Å². The van der Waals surface area contributed by atoms with Crippen LogP contribution in [0, 0.1) is 0 Å². The summed E-state index contributed by atoms with van der Waals surface area (Å²) < 4.78 is 4.07. The third-order valence-electron chi connectivity index (χ3n) is 1.88. The van der Waals surface area contributed by atoms with Crippen LogP contribution in [-0.2, 0) is 0 Å². The first-order valence-corrected chi connectivity index (χ1v) is 8.96. The second-order valence-electron chi connectivity index (χ2n) is 3.21. The summed E-state index contributed by atoms with van der Waals surface area (Å²) in [5.41, 5.74) is 0. The number of rotatable bonds is 8. The SMILES string of the molecule is CCCCCC=[CH][Sn][CH2]CCC. The van der Waals surface area contributed by atoms with E-state index in [1.807, 2.05) is 0 Å². The standard InChI is InChI=1S/C7H13.C4H9.Sn/c1-3-5-7-6-4-2;1-3-4-2;/h1,3H,4-7H2,2H3;1,3-4H2,2H3;. The Balaban J connectivity index is 2.93. The quantitative estimate of drug-likeness (QED) is 0.463. The van der Waals surface area contributed by atoms with Crippen molar-refractivity contribution in [1.29, 1.82) is 0 Å². The Morgan fingerprint density at radius 3 is 2.42 bits per heavy atom. The van der Waals surface area contributed by atoms with Gasteiger partial charge in [0.25, 0.3) is 0 Å². The van der Waals surface area contributed by atoms with Crippen LogP contribution < -0.4 is 0 Å². The molecule has 0 N–H and O–H groups in total. The van der Waals surface area contributed by atoms with Crippen LogP contribution >= 0.6 is 0 Å². The molecule has 0 aromatic rings. The Bertz CT molecular complexity index is 85.2. The fraction of sp³-hybridized carbons (Fsp3) is 0.818. The normalized spacial score (nSPS) is 11.2. The molecule has 70 valence electrons. The molecule has 2 radical (unpaired) electrons. The van der Waals surface area contributed by atoms with Crippen molar-refractivity contribution in [2.45, 2.75) is 56.8 Å². The predicted octanol–water partition coefficient (Wildman–Crippen LogP) is 4.00. The van der Waals surface area contributed by atoms with Crippen LogP contribution in [0.4, 0.5) is 0 Å². The fourth-order valence-electron chi connectivity index (χ4n) is 1.04. The molecule has 0 fully saturated rings. The summed E-state index contributed by atoms with van der Waals surface area (Å²) in [4.78, 5) is 0. The van der Waals surface area contributed by atoms with E-state index in [1.54, 1.807) is 4.44 Å². The first-order valence-electron chi connectivity index (χ1n) is 5.30. The molecule has 0 rings (SSSR count). The van der Waals surface area contributed by atoms with Crippen LogP contribution in [0.1, 0.15) is 52.4 Å². The van der Waals surface area contributed by atoms with Crippen molar-refractivity contribution in [2.75, 3.05) is 0 Å². The van der Waals surface area contributed by atoms with Gasteiger partial charge in [0.05, 0.1) is 0 Å². The number of hydrogen-bond acceptors (Lipinski definition) is 0. The van der Waals surface area contributed by atoms with Gasteiger partial charge in [-0.3, -0.25) is 0 Å². The van der Waals surface area contributed by atoms with Gasteiger partial charge in [-0.2, -0.15) is 0 Å². The zero-order chi connectivity index (χ0) is 9.07. The second-order valence-corrected chi connectivity index (χ2v) is 6.75. The van der Waals surface area contributed by atoms with Crippen molar-refractivity contribution in [3.05, 3.63) is 10.2 Å². The number of unbranched alkanes of at least 4 members (excludes halogenated alkanes) is 4. The third-order valence-corrected chi connectivity index (χ3v) is 5.06. The number of hydrogen-bond donors (Lipinski definition) is 0. The molecule has 0 atom stereocenters. The van der Waals surface area contributed by atoms with Gasteiger partial charge >= 0.3 is 88.1 Å².